The van der Waals surface area contributed by atoms with Crippen LogP contribution >= 0.6 is 0 Å². The Morgan fingerprint density at radius 2 is 1.62 bits per heavy atom. The van der Waals surface area contributed by atoms with E-state index in [1.807, 2.05) is 0 Å². The van der Waals surface area contributed by atoms with E-state index in [4.69, 9.17) is 4.74 Å². The Kier molecular flexibility index (Phi) is 5.01. The zero-order valence-corrected chi connectivity index (χ0v) is 14.7. The zero-order valence-electron chi connectivity index (χ0n) is 14.7. The van der Waals surface area contributed by atoms with Gasteiger partial charge in [-0.2, -0.15) is 0 Å². The predicted molar refractivity (Wildman–Crippen MR) is 85.3 cm³/mol. The largest absolute Gasteiger partial charge is 0.379 e. The normalized spacial score (nSPS) is 33.6. The summed E-state index contributed by atoms with van der Waals surface area (Å²) in [6.07, 6.45) is -0.726. The monoisotopic (exact) mass is 300 g/mol. The van der Waals surface area contributed by atoms with E-state index >= 15 is 0 Å². The molecule has 2 aliphatic heterocycles. The van der Waals surface area contributed by atoms with Gasteiger partial charge >= 0.3 is 0 Å². The molecule has 0 aromatic rings. The number of nitrogens with zero attached hydrogens (tertiary/aromatic N) is 2. The minimum absolute atomic E-state index is 0.0159. The lowest BCUT2D eigenvalue weighted by atomic mass is 9.77. The summed E-state index contributed by atoms with van der Waals surface area (Å²) in [6.45, 7) is 18.2. The van der Waals surface area contributed by atoms with Crippen molar-refractivity contribution < 1.29 is 9.13 Å². The lowest BCUT2D eigenvalue weighted by molar-refractivity contribution is 0.00256. The van der Waals surface area contributed by atoms with E-state index in [-0.39, 0.29) is 22.9 Å². The van der Waals surface area contributed by atoms with Crippen molar-refractivity contribution in [3.05, 3.63) is 0 Å². The molecule has 0 radical (unpaired) electrons. The van der Waals surface area contributed by atoms with Gasteiger partial charge in [0.1, 0.15) is 6.17 Å². The van der Waals surface area contributed by atoms with Crippen LogP contribution in [-0.2, 0) is 4.74 Å². The first-order valence-corrected chi connectivity index (χ1v) is 8.31. The molecule has 0 amide bonds. The van der Waals surface area contributed by atoms with E-state index in [2.05, 4.69) is 51.3 Å². The van der Waals surface area contributed by atoms with Gasteiger partial charge in [0.2, 0.25) is 0 Å². The van der Waals surface area contributed by atoms with Gasteiger partial charge in [-0.25, -0.2) is 4.39 Å². The highest BCUT2D eigenvalue weighted by Gasteiger charge is 2.50. The van der Waals surface area contributed by atoms with Crippen molar-refractivity contribution in [3.63, 3.8) is 0 Å². The summed E-state index contributed by atoms with van der Waals surface area (Å²) in [6, 6.07) is 0.287. The Bertz CT molecular complexity index is 342. The van der Waals surface area contributed by atoms with Crippen molar-refractivity contribution in [1.29, 1.82) is 0 Å². The number of morpholine rings is 1. The van der Waals surface area contributed by atoms with E-state index in [0.717, 1.165) is 32.8 Å². The van der Waals surface area contributed by atoms with Crippen LogP contribution < -0.4 is 0 Å². The third-order valence-corrected chi connectivity index (χ3v) is 4.90. The first-order valence-electron chi connectivity index (χ1n) is 8.31. The molecule has 124 valence electrons. The molecule has 0 bridgehead atoms. The van der Waals surface area contributed by atoms with Gasteiger partial charge in [0.15, 0.2) is 0 Å². The number of rotatable bonds is 2. The van der Waals surface area contributed by atoms with Gasteiger partial charge < -0.3 is 4.74 Å². The maximum Gasteiger partial charge on any atom is 0.118 e. The Morgan fingerprint density at radius 1 is 1.05 bits per heavy atom. The summed E-state index contributed by atoms with van der Waals surface area (Å²) in [4.78, 5) is 4.77. The fourth-order valence-electron chi connectivity index (χ4n) is 3.96. The molecule has 3 atom stereocenters. The second-order valence-electron chi connectivity index (χ2n) is 8.73. The summed E-state index contributed by atoms with van der Waals surface area (Å²) >= 11 is 0. The number of hydrogen-bond acceptors (Lipinski definition) is 3. The number of alkyl halides is 1. The lowest BCUT2D eigenvalue weighted by Crippen LogP contribution is -2.53. The molecule has 21 heavy (non-hydrogen) atoms. The van der Waals surface area contributed by atoms with Crippen LogP contribution in [-0.4, -0.2) is 66.9 Å². The van der Waals surface area contributed by atoms with Crippen LogP contribution in [0, 0.1) is 11.3 Å². The van der Waals surface area contributed by atoms with Crippen LogP contribution in [0.25, 0.3) is 0 Å². The van der Waals surface area contributed by atoms with Gasteiger partial charge in [0, 0.05) is 43.7 Å². The highest BCUT2D eigenvalue weighted by atomic mass is 19.1. The molecule has 0 N–H and O–H groups in total. The molecule has 3 nitrogen and oxygen atoms in total. The summed E-state index contributed by atoms with van der Waals surface area (Å²) < 4.78 is 20.2. The smallest absolute Gasteiger partial charge is 0.118 e. The van der Waals surface area contributed by atoms with Crippen LogP contribution in [0.4, 0.5) is 4.39 Å². The number of likely N-dealkylation sites (tertiary alicyclic amines) is 1. The molecule has 2 saturated heterocycles. The van der Waals surface area contributed by atoms with Crippen molar-refractivity contribution in [1.82, 2.24) is 9.80 Å². The zero-order chi connectivity index (χ0) is 15.8. The molecule has 0 spiro atoms. The number of halogens is 1. The molecule has 2 heterocycles. The molecule has 0 aromatic carbocycles. The van der Waals surface area contributed by atoms with Crippen molar-refractivity contribution in [2.24, 2.45) is 11.3 Å². The first kappa shape index (κ1) is 17.2. The molecule has 4 heteroatoms. The van der Waals surface area contributed by atoms with E-state index in [9.17, 15) is 4.39 Å². The van der Waals surface area contributed by atoms with Crippen molar-refractivity contribution in [2.45, 2.75) is 59.3 Å². The van der Waals surface area contributed by atoms with Gasteiger partial charge in [-0.15, -0.1) is 0 Å². The molecule has 2 fully saturated rings. The fraction of sp³-hybridized carbons (Fsp3) is 1.00. The van der Waals surface area contributed by atoms with Crippen LogP contribution in [0.3, 0.4) is 0 Å². The average Bonchev–Trinajstić information content (AvgIpc) is 2.68. The standard InChI is InChI=1S/C17H33FN2O/c1-16(2,3)15-13(11-19-7-9-21-10-8-19)14(18)12-20(15)17(4,5)6/h13-15H,7-12H2,1-6H3/t13-,14-,15-/m0/s1. The summed E-state index contributed by atoms with van der Waals surface area (Å²) in [7, 11) is 0. The molecule has 0 aliphatic carbocycles. The topological polar surface area (TPSA) is 15.7 Å². The molecule has 0 aromatic heterocycles. The fourth-order valence-corrected chi connectivity index (χ4v) is 3.96. The van der Waals surface area contributed by atoms with Crippen molar-refractivity contribution >= 4 is 0 Å². The van der Waals surface area contributed by atoms with Crippen LogP contribution in [0.2, 0.25) is 0 Å². The second kappa shape index (κ2) is 6.13. The molecule has 2 rings (SSSR count). The lowest BCUT2D eigenvalue weighted by Gasteiger charge is -2.45. The van der Waals surface area contributed by atoms with Gasteiger partial charge in [-0.1, -0.05) is 20.8 Å². The third-order valence-electron chi connectivity index (χ3n) is 4.90. The summed E-state index contributed by atoms with van der Waals surface area (Å²) in [5.41, 5.74) is 0.104. The summed E-state index contributed by atoms with van der Waals surface area (Å²) in [5, 5.41) is 0. The van der Waals surface area contributed by atoms with Gasteiger partial charge in [-0.3, -0.25) is 9.80 Å². The Balaban J connectivity index is 2.16. The van der Waals surface area contributed by atoms with Crippen LogP contribution in [0.5, 0.6) is 0 Å². The Labute approximate surface area is 129 Å². The van der Waals surface area contributed by atoms with Crippen LogP contribution in [0.15, 0.2) is 0 Å². The molecule has 0 saturated carbocycles. The number of hydrogen-bond donors (Lipinski definition) is 0. The highest BCUT2D eigenvalue weighted by molar-refractivity contribution is 5.03. The van der Waals surface area contributed by atoms with Crippen molar-refractivity contribution in [3.8, 4) is 0 Å². The Hall–Kier alpha value is -0.190. The maximum absolute atomic E-state index is 14.8. The number of ether oxygens (including phenoxy) is 1. The van der Waals surface area contributed by atoms with Gasteiger partial charge in [0.05, 0.1) is 13.2 Å². The predicted octanol–water partition coefficient (Wildman–Crippen LogP) is 2.80. The first-order chi connectivity index (χ1) is 9.60. The second-order valence-corrected chi connectivity index (χ2v) is 8.73. The SMILES string of the molecule is CC(C)(C)[C@@H]1[C@@H](CN2CCOCC2)[C@@H](F)CN1C(C)(C)C. The highest BCUT2D eigenvalue weighted by Crippen LogP contribution is 2.42. The summed E-state index contributed by atoms with van der Waals surface area (Å²) in [5.74, 6) is 0.0994. The molecular weight excluding hydrogens is 267 g/mol. The molecule has 2 aliphatic rings. The van der Waals surface area contributed by atoms with E-state index in [1.54, 1.807) is 0 Å². The van der Waals surface area contributed by atoms with Crippen LogP contribution in [0.1, 0.15) is 41.5 Å². The van der Waals surface area contributed by atoms with E-state index in [1.165, 1.54) is 0 Å². The maximum atomic E-state index is 14.8. The Morgan fingerprint density at radius 3 is 2.10 bits per heavy atom. The van der Waals surface area contributed by atoms with Gasteiger partial charge in [-0.05, 0) is 26.2 Å². The molecule has 0 unspecified atom stereocenters. The minimum Gasteiger partial charge on any atom is -0.379 e. The average molecular weight is 300 g/mol. The van der Waals surface area contributed by atoms with Crippen molar-refractivity contribution in [2.75, 3.05) is 39.4 Å². The van der Waals surface area contributed by atoms with E-state index in [0.29, 0.717) is 6.54 Å². The minimum atomic E-state index is -0.726. The van der Waals surface area contributed by atoms with Gasteiger partial charge in [0.25, 0.3) is 0 Å². The third kappa shape index (κ3) is 3.96. The van der Waals surface area contributed by atoms with E-state index < -0.39 is 6.17 Å². The molecular formula is C17H33FN2O. The quantitative estimate of drug-likeness (QED) is 0.780.